The number of thiophene rings is 1. The maximum atomic E-state index is 4.09. The molecular formula is C14H14S. The first-order chi connectivity index (χ1) is 7.18. The van der Waals surface area contributed by atoms with Crippen molar-refractivity contribution in [2.75, 3.05) is 0 Å². The maximum Gasteiger partial charge on any atom is 0.0355 e. The minimum Gasteiger partial charge on any atom is -0.136 e. The van der Waals surface area contributed by atoms with Crippen LogP contribution in [0.5, 0.6) is 0 Å². The lowest BCUT2D eigenvalue weighted by atomic mass is 10.2. The largest absolute Gasteiger partial charge is 0.136 e. The minimum atomic E-state index is 1.15. The highest BCUT2D eigenvalue weighted by molar-refractivity contribution is 7.17. The van der Waals surface area contributed by atoms with Gasteiger partial charge in [0.15, 0.2) is 0 Å². The number of benzene rings is 1. The summed E-state index contributed by atoms with van der Waals surface area (Å²) in [5.74, 6) is 0. The average molecular weight is 214 g/mol. The van der Waals surface area contributed by atoms with E-state index < -0.39 is 0 Å². The first kappa shape index (κ1) is 10.2. The van der Waals surface area contributed by atoms with Gasteiger partial charge in [-0.25, -0.2) is 0 Å². The molecule has 0 bridgehead atoms. The molecule has 0 radical (unpaired) electrons. The van der Waals surface area contributed by atoms with E-state index in [0.29, 0.717) is 0 Å². The molecule has 0 unspecified atom stereocenters. The Hall–Kier alpha value is -1.34. The second kappa shape index (κ2) is 4.03. The normalized spacial score (nSPS) is 12.0. The van der Waals surface area contributed by atoms with Crippen LogP contribution in [0.4, 0.5) is 0 Å². The molecule has 0 saturated heterocycles. The Morgan fingerprint density at radius 2 is 2.00 bits per heavy atom. The van der Waals surface area contributed by atoms with E-state index in [9.17, 15) is 0 Å². The molecular weight excluding hydrogens is 200 g/mol. The molecule has 1 heteroatoms. The lowest BCUT2D eigenvalue weighted by Gasteiger charge is -1.86. The molecule has 0 saturated carbocycles. The van der Waals surface area contributed by atoms with Gasteiger partial charge in [0.1, 0.15) is 0 Å². The highest BCUT2D eigenvalue weighted by Crippen LogP contribution is 2.11. The zero-order valence-electron chi connectivity index (χ0n) is 9.08. The highest BCUT2D eigenvalue weighted by Gasteiger charge is 1.96. The SMILES string of the molecule is C=c1sc2ccccc2/c1=C/C=C(C)C. The van der Waals surface area contributed by atoms with Crippen LogP contribution in [0.1, 0.15) is 13.8 Å². The van der Waals surface area contributed by atoms with E-state index in [2.05, 4.69) is 56.8 Å². The Morgan fingerprint density at radius 3 is 2.73 bits per heavy atom. The van der Waals surface area contributed by atoms with E-state index in [1.165, 1.54) is 20.9 Å². The molecule has 1 heterocycles. The summed E-state index contributed by atoms with van der Waals surface area (Å²) in [6.45, 7) is 8.30. The van der Waals surface area contributed by atoms with Crippen molar-refractivity contribution in [1.82, 2.24) is 0 Å². The van der Waals surface area contributed by atoms with Gasteiger partial charge < -0.3 is 0 Å². The Bertz CT molecular complexity index is 610. The van der Waals surface area contributed by atoms with Crippen LogP contribution in [0.15, 0.2) is 35.9 Å². The van der Waals surface area contributed by atoms with Crippen molar-refractivity contribution >= 4 is 34.1 Å². The molecule has 0 atom stereocenters. The van der Waals surface area contributed by atoms with Crippen molar-refractivity contribution < 1.29 is 0 Å². The van der Waals surface area contributed by atoms with Crippen molar-refractivity contribution in [1.29, 1.82) is 0 Å². The molecule has 0 nitrogen and oxygen atoms in total. The van der Waals surface area contributed by atoms with E-state index in [1.54, 1.807) is 11.3 Å². The van der Waals surface area contributed by atoms with Crippen LogP contribution in [0.25, 0.3) is 22.7 Å². The monoisotopic (exact) mass is 214 g/mol. The fourth-order valence-electron chi connectivity index (χ4n) is 1.55. The predicted octanol–water partition coefficient (Wildman–Crippen LogP) is 3.06. The van der Waals surface area contributed by atoms with Crippen molar-refractivity contribution in [2.24, 2.45) is 0 Å². The summed E-state index contributed by atoms with van der Waals surface area (Å²) in [4.78, 5) is 0. The molecule has 76 valence electrons. The van der Waals surface area contributed by atoms with Crippen LogP contribution in [0.2, 0.25) is 0 Å². The summed E-state index contributed by atoms with van der Waals surface area (Å²) in [6, 6.07) is 8.46. The summed E-state index contributed by atoms with van der Waals surface area (Å²) in [7, 11) is 0. The molecule has 0 amide bonds. The topological polar surface area (TPSA) is 0 Å². The number of allylic oxidation sites excluding steroid dienone is 2. The third-order valence-electron chi connectivity index (χ3n) is 2.29. The summed E-state index contributed by atoms with van der Waals surface area (Å²) < 4.78 is 2.46. The van der Waals surface area contributed by atoms with Gasteiger partial charge in [-0.3, -0.25) is 0 Å². The first-order valence-electron chi connectivity index (χ1n) is 5.00. The van der Waals surface area contributed by atoms with Gasteiger partial charge in [0.2, 0.25) is 0 Å². The van der Waals surface area contributed by atoms with E-state index in [0.717, 1.165) is 4.53 Å². The molecule has 0 aliphatic rings. The van der Waals surface area contributed by atoms with Gasteiger partial charge in [0.05, 0.1) is 0 Å². The third-order valence-corrected chi connectivity index (χ3v) is 3.34. The standard InChI is InChI=1S/C14H14S/c1-10(2)8-9-12-11(3)15-14-7-5-4-6-13(12)14/h4-9H,3H2,1-2H3/b12-9+. The Morgan fingerprint density at radius 1 is 1.27 bits per heavy atom. The molecule has 0 N–H and O–H groups in total. The van der Waals surface area contributed by atoms with Crippen LogP contribution in [-0.2, 0) is 0 Å². The lowest BCUT2D eigenvalue weighted by molar-refractivity contribution is 1.40. The molecule has 2 aromatic rings. The van der Waals surface area contributed by atoms with Gasteiger partial charge in [-0.15, -0.1) is 11.3 Å². The molecule has 0 aliphatic heterocycles. The summed E-state index contributed by atoms with van der Waals surface area (Å²) >= 11 is 1.76. The van der Waals surface area contributed by atoms with E-state index >= 15 is 0 Å². The molecule has 1 aromatic carbocycles. The summed E-state index contributed by atoms with van der Waals surface area (Å²) in [6.07, 6.45) is 4.31. The summed E-state index contributed by atoms with van der Waals surface area (Å²) in [5, 5.41) is 2.57. The second-order valence-corrected chi connectivity index (χ2v) is 4.98. The van der Waals surface area contributed by atoms with Gasteiger partial charge in [0.25, 0.3) is 0 Å². The van der Waals surface area contributed by atoms with Crippen molar-refractivity contribution in [3.05, 3.63) is 45.7 Å². The van der Waals surface area contributed by atoms with Crippen molar-refractivity contribution in [3.8, 4) is 0 Å². The lowest BCUT2D eigenvalue weighted by Crippen LogP contribution is -2.15. The average Bonchev–Trinajstić information content (AvgIpc) is 2.50. The van der Waals surface area contributed by atoms with Gasteiger partial charge in [0, 0.05) is 14.6 Å². The maximum absolute atomic E-state index is 4.09. The van der Waals surface area contributed by atoms with Gasteiger partial charge in [-0.05, 0) is 25.1 Å². The number of hydrogen-bond donors (Lipinski definition) is 0. The Balaban J connectivity index is 2.81. The van der Waals surface area contributed by atoms with Crippen LogP contribution in [0.3, 0.4) is 0 Å². The zero-order chi connectivity index (χ0) is 10.8. The quantitative estimate of drug-likeness (QED) is 0.684. The minimum absolute atomic E-state index is 1.15. The number of hydrogen-bond acceptors (Lipinski definition) is 1. The van der Waals surface area contributed by atoms with Gasteiger partial charge >= 0.3 is 0 Å². The molecule has 2 rings (SSSR count). The highest BCUT2D eigenvalue weighted by atomic mass is 32.1. The molecule has 15 heavy (non-hydrogen) atoms. The number of fused-ring (bicyclic) bond motifs is 1. The van der Waals surface area contributed by atoms with Crippen molar-refractivity contribution in [2.45, 2.75) is 13.8 Å². The van der Waals surface area contributed by atoms with E-state index in [1.807, 2.05) is 0 Å². The van der Waals surface area contributed by atoms with Gasteiger partial charge in [-0.2, -0.15) is 0 Å². The van der Waals surface area contributed by atoms with E-state index in [-0.39, 0.29) is 0 Å². The fraction of sp³-hybridized carbons (Fsp3) is 0.143. The Kier molecular flexibility index (Phi) is 2.74. The first-order valence-corrected chi connectivity index (χ1v) is 5.82. The number of rotatable bonds is 1. The van der Waals surface area contributed by atoms with E-state index in [4.69, 9.17) is 0 Å². The second-order valence-electron chi connectivity index (χ2n) is 3.85. The molecule has 0 aliphatic carbocycles. The van der Waals surface area contributed by atoms with Crippen molar-refractivity contribution in [3.63, 3.8) is 0 Å². The molecule has 0 spiro atoms. The van der Waals surface area contributed by atoms with Gasteiger partial charge in [-0.1, -0.05) is 42.5 Å². The third kappa shape index (κ3) is 2.02. The molecule has 0 fully saturated rings. The fourth-order valence-corrected chi connectivity index (χ4v) is 2.54. The van der Waals surface area contributed by atoms with Crippen LogP contribution in [0, 0.1) is 0 Å². The summed E-state index contributed by atoms with van der Waals surface area (Å²) in [5.41, 5.74) is 1.31. The Labute approximate surface area is 93.9 Å². The van der Waals surface area contributed by atoms with Crippen LogP contribution < -0.4 is 9.75 Å². The van der Waals surface area contributed by atoms with Crippen LogP contribution in [-0.4, -0.2) is 0 Å². The smallest absolute Gasteiger partial charge is 0.0355 e. The predicted molar refractivity (Wildman–Crippen MR) is 70.5 cm³/mol. The molecule has 1 aromatic heterocycles. The zero-order valence-corrected chi connectivity index (χ0v) is 9.90. The van der Waals surface area contributed by atoms with Crippen LogP contribution >= 0.6 is 11.3 Å².